The Hall–Kier alpha value is -0.790. The molecular weight excluding hydrogens is 112 g/mol. The normalized spacial score (nSPS) is 15.3. The van der Waals surface area contributed by atoms with Gasteiger partial charge >= 0.3 is 0 Å². The molecule has 0 aromatic heterocycles. The van der Waals surface area contributed by atoms with E-state index in [9.17, 15) is 0 Å². The molecule has 0 rings (SSSR count). The minimum Gasteiger partial charge on any atom is -0.402 e. The topological polar surface area (TPSA) is 38.4 Å². The Balaban J connectivity index is 4.40. The molecular formula is C7H14N2. The highest BCUT2D eigenvalue weighted by atomic mass is 14.7. The van der Waals surface area contributed by atoms with Crippen molar-refractivity contribution in [2.45, 2.75) is 20.8 Å². The third kappa shape index (κ3) is 2.31. The number of nitrogens with two attached hydrogens (primary N) is 1. The number of hydrogen-bond acceptors (Lipinski definition) is 2. The first-order valence-corrected chi connectivity index (χ1v) is 2.96. The standard InChI is InChI=1S/C7H14N2/c1-5(6(2)8)7(3)9-4/h8H2,1-4H3. The number of hydrogen-bond donors (Lipinski definition) is 1. The maximum absolute atomic E-state index is 5.51. The van der Waals surface area contributed by atoms with Crippen molar-refractivity contribution >= 4 is 5.71 Å². The van der Waals surface area contributed by atoms with E-state index >= 15 is 0 Å². The maximum Gasteiger partial charge on any atom is 0.0360 e. The average molecular weight is 126 g/mol. The van der Waals surface area contributed by atoms with E-state index in [-0.39, 0.29) is 0 Å². The number of rotatable bonds is 1. The second kappa shape index (κ2) is 3.28. The summed E-state index contributed by atoms with van der Waals surface area (Å²) in [5, 5.41) is 0. The Bertz CT molecular complexity index is 150. The van der Waals surface area contributed by atoms with Gasteiger partial charge in [-0.1, -0.05) is 0 Å². The lowest BCUT2D eigenvalue weighted by atomic mass is 10.2. The van der Waals surface area contributed by atoms with Crippen LogP contribution in [-0.4, -0.2) is 12.8 Å². The first-order valence-electron chi connectivity index (χ1n) is 2.96. The molecule has 0 unspecified atom stereocenters. The van der Waals surface area contributed by atoms with E-state index in [1.54, 1.807) is 7.05 Å². The van der Waals surface area contributed by atoms with Gasteiger partial charge in [0.25, 0.3) is 0 Å². The van der Waals surface area contributed by atoms with Crippen LogP contribution >= 0.6 is 0 Å². The van der Waals surface area contributed by atoms with Crippen LogP contribution in [0.5, 0.6) is 0 Å². The minimum absolute atomic E-state index is 0.845. The van der Waals surface area contributed by atoms with Crippen molar-refractivity contribution in [3.8, 4) is 0 Å². The van der Waals surface area contributed by atoms with Crippen molar-refractivity contribution in [3.05, 3.63) is 11.3 Å². The molecule has 0 bridgehead atoms. The van der Waals surface area contributed by atoms with E-state index in [0.717, 1.165) is 17.0 Å². The minimum atomic E-state index is 0.845. The van der Waals surface area contributed by atoms with Crippen molar-refractivity contribution in [1.82, 2.24) is 0 Å². The van der Waals surface area contributed by atoms with Gasteiger partial charge in [0.2, 0.25) is 0 Å². The van der Waals surface area contributed by atoms with Crippen LogP contribution in [-0.2, 0) is 0 Å². The summed E-state index contributed by atoms with van der Waals surface area (Å²) in [6.45, 7) is 5.80. The lowest BCUT2D eigenvalue weighted by Gasteiger charge is -1.99. The molecule has 2 heteroatoms. The van der Waals surface area contributed by atoms with Crippen LogP contribution in [0.15, 0.2) is 16.3 Å². The van der Waals surface area contributed by atoms with Crippen LogP contribution in [0.4, 0.5) is 0 Å². The predicted octanol–water partition coefficient (Wildman–Crippen LogP) is 1.33. The van der Waals surface area contributed by atoms with Crippen LogP contribution in [0, 0.1) is 0 Å². The van der Waals surface area contributed by atoms with Gasteiger partial charge in [0.05, 0.1) is 0 Å². The molecule has 2 nitrogen and oxygen atoms in total. The highest BCUT2D eigenvalue weighted by molar-refractivity contribution is 5.98. The van der Waals surface area contributed by atoms with Crippen molar-refractivity contribution in [2.24, 2.45) is 10.7 Å². The fourth-order valence-corrected chi connectivity index (χ4v) is 0.453. The van der Waals surface area contributed by atoms with E-state index in [1.165, 1.54) is 0 Å². The summed E-state index contributed by atoms with van der Waals surface area (Å²) in [7, 11) is 1.77. The van der Waals surface area contributed by atoms with Crippen LogP contribution in [0.25, 0.3) is 0 Å². The fourth-order valence-electron chi connectivity index (χ4n) is 0.453. The fraction of sp³-hybridized carbons (Fsp3) is 0.571. The third-order valence-corrected chi connectivity index (χ3v) is 1.47. The Morgan fingerprint density at radius 3 is 1.78 bits per heavy atom. The summed E-state index contributed by atoms with van der Waals surface area (Å²) < 4.78 is 0. The molecule has 0 aliphatic carbocycles. The van der Waals surface area contributed by atoms with Gasteiger partial charge in [0.15, 0.2) is 0 Å². The molecule has 52 valence electrons. The van der Waals surface area contributed by atoms with Crippen LogP contribution in [0.3, 0.4) is 0 Å². The van der Waals surface area contributed by atoms with Gasteiger partial charge in [-0.15, -0.1) is 0 Å². The number of allylic oxidation sites excluding steroid dienone is 2. The van der Waals surface area contributed by atoms with Gasteiger partial charge in [-0.25, -0.2) is 0 Å². The van der Waals surface area contributed by atoms with E-state index in [0.29, 0.717) is 0 Å². The zero-order chi connectivity index (χ0) is 7.44. The lowest BCUT2D eigenvalue weighted by molar-refractivity contribution is 1.24. The molecule has 0 aromatic carbocycles. The molecule has 0 saturated carbocycles. The molecule has 0 radical (unpaired) electrons. The van der Waals surface area contributed by atoms with Crippen molar-refractivity contribution in [1.29, 1.82) is 0 Å². The molecule has 0 atom stereocenters. The highest BCUT2D eigenvalue weighted by Gasteiger charge is 1.93. The van der Waals surface area contributed by atoms with Gasteiger partial charge in [-0.2, -0.15) is 0 Å². The van der Waals surface area contributed by atoms with Crippen molar-refractivity contribution < 1.29 is 0 Å². The molecule has 0 heterocycles. The summed E-state index contributed by atoms with van der Waals surface area (Å²) in [5.41, 5.74) is 8.45. The Morgan fingerprint density at radius 2 is 1.67 bits per heavy atom. The van der Waals surface area contributed by atoms with Crippen LogP contribution < -0.4 is 5.73 Å². The Labute approximate surface area is 56.5 Å². The molecule has 0 aliphatic rings. The summed E-state index contributed by atoms with van der Waals surface area (Å²) in [5.74, 6) is 0. The van der Waals surface area contributed by atoms with E-state index in [2.05, 4.69) is 4.99 Å². The summed E-state index contributed by atoms with van der Waals surface area (Å²) in [6.07, 6.45) is 0. The Kier molecular flexibility index (Phi) is 2.99. The van der Waals surface area contributed by atoms with Gasteiger partial charge in [0.1, 0.15) is 0 Å². The number of aliphatic imine (C=N–C) groups is 1. The van der Waals surface area contributed by atoms with E-state index < -0.39 is 0 Å². The molecule has 0 spiro atoms. The average Bonchev–Trinajstić information content (AvgIpc) is 1.84. The second-order valence-electron chi connectivity index (χ2n) is 2.12. The largest absolute Gasteiger partial charge is 0.402 e. The van der Waals surface area contributed by atoms with Crippen LogP contribution in [0.1, 0.15) is 20.8 Å². The molecule has 9 heavy (non-hydrogen) atoms. The third-order valence-electron chi connectivity index (χ3n) is 1.47. The van der Waals surface area contributed by atoms with Crippen molar-refractivity contribution in [3.63, 3.8) is 0 Å². The van der Waals surface area contributed by atoms with E-state index in [1.807, 2.05) is 20.8 Å². The molecule has 0 amide bonds. The maximum atomic E-state index is 5.51. The predicted molar refractivity (Wildman–Crippen MR) is 41.6 cm³/mol. The van der Waals surface area contributed by atoms with Gasteiger partial charge in [-0.05, 0) is 26.3 Å². The monoisotopic (exact) mass is 126 g/mol. The van der Waals surface area contributed by atoms with E-state index in [4.69, 9.17) is 5.73 Å². The smallest absolute Gasteiger partial charge is 0.0360 e. The molecule has 0 aliphatic heterocycles. The van der Waals surface area contributed by atoms with Crippen molar-refractivity contribution in [2.75, 3.05) is 7.05 Å². The summed E-state index contributed by atoms with van der Waals surface area (Å²) in [6, 6.07) is 0. The molecule has 0 aromatic rings. The molecule has 0 fully saturated rings. The first-order chi connectivity index (χ1) is 4.09. The zero-order valence-corrected chi connectivity index (χ0v) is 6.52. The number of nitrogens with zero attached hydrogens (tertiary/aromatic N) is 1. The lowest BCUT2D eigenvalue weighted by Crippen LogP contribution is -2.02. The Morgan fingerprint density at radius 1 is 1.22 bits per heavy atom. The quantitative estimate of drug-likeness (QED) is 0.529. The molecule has 2 N–H and O–H groups in total. The SMILES string of the molecule is CN=C(C)C(C)=C(C)N. The first kappa shape index (κ1) is 8.21. The second-order valence-corrected chi connectivity index (χ2v) is 2.12. The summed E-state index contributed by atoms with van der Waals surface area (Å²) >= 11 is 0. The molecule has 0 saturated heterocycles. The van der Waals surface area contributed by atoms with Gasteiger partial charge in [0, 0.05) is 18.5 Å². The van der Waals surface area contributed by atoms with Gasteiger partial charge in [-0.3, -0.25) is 4.99 Å². The van der Waals surface area contributed by atoms with Crippen LogP contribution in [0.2, 0.25) is 0 Å². The van der Waals surface area contributed by atoms with Gasteiger partial charge < -0.3 is 5.73 Å². The zero-order valence-electron chi connectivity index (χ0n) is 6.52. The highest BCUT2D eigenvalue weighted by Crippen LogP contribution is 1.98. The summed E-state index contributed by atoms with van der Waals surface area (Å²) in [4.78, 5) is 3.99.